The van der Waals surface area contributed by atoms with Crippen LogP contribution in [0, 0.1) is 0 Å². The van der Waals surface area contributed by atoms with Gasteiger partial charge in [-0.15, -0.1) is 0 Å². The van der Waals surface area contributed by atoms with Crippen LogP contribution in [-0.2, 0) is 11.5 Å². The third-order valence-electron chi connectivity index (χ3n) is 2.09. The highest BCUT2D eigenvalue weighted by Gasteiger charge is 2.12. The molecule has 0 aromatic carbocycles. The quantitative estimate of drug-likeness (QED) is 0.423. The Morgan fingerprint density at radius 3 is 2.87 bits per heavy atom. The van der Waals surface area contributed by atoms with Crippen molar-refractivity contribution in [3.05, 3.63) is 18.2 Å². The highest BCUT2D eigenvalue weighted by molar-refractivity contribution is 6.76. The van der Waals surface area contributed by atoms with Crippen LogP contribution in [0.15, 0.2) is 12.5 Å². The highest BCUT2D eigenvalue weighted by Crippen LogP contribution is 2.08. The number of nitrogens with zero attached hydrogens (tertiary/aromatic N) is 2. The molecule has 5 heteroatoms. The fraction of sp³-hybridized carbons (Fsp3) is 0.600. The lowest BCUT2D eigenvalue weighted by atomic mass is 10.5. The Balaban J connectivity index is 2.29. The first-order chi connectivity index (χ1) is 7.03. The number of aldehydes is 1. The number of rotatable bonds is 6. The molecule has 15 heavy (non-hydrogen) atoms. The van der Waals surface area contributed by atoms with Gasteiger partial charge in [-0.3, -0.25) is 4.79 Å². The van der Waals surface area contributed by atoms with E-state index in [0.29, 0.717) is 12.4 Å². The number of hydrogen-bond donors (Lipinski definition) is 0. The Bertz CT molecular complexity index is 317. The SMILES string of the molecule is C[Si](C)(C)CCOCn1cncc1C=O. The van der Waals surface area contributed by atoms with Crippen molar-refractivity contribution in [1.29, 1.82) is 0 Å². The van der Waals surface area contributed by atoms with E-state index in [1.165, 1.54) is 6.20 Å². The average molecular weight is 226 g/mol. The second-order valence-corrected chi connectivity index (χ2v) is 10.4. The number of carbonyl (C=O) groups is 1. The van der Waals surface area contributed by atoms with Crippen molar-refractivity contribution in [2.75, 3.05) is 6.61 Å². The van der Waals surface area contributed by atoms with Crippen LogP contribution in [0.5, 0.6) is 0 Å². The molecule has 0 unspecified atom stereocenters. The summed E-state index contributed by atoms with van der Waals surface area (Å²) in [5.41, 5.74) is 0.558. The largest absolute Gasteiger partial charge is 0.361 e. The van der Waals surface area contributed by atoms with Gasteiger partial charge in [-0.05, 0) is 6.04 Å². The predicted molar refractivity (Wildman–Crippen MR) is 61.7 cm³/mol. The molecule has 84 valence electrons. The van der Waals surface area contributed by atoms with Gasteiger partial charge in [-0.1, -0.05) is 19.6 Å². The maximum atomic E-state index is 10.6. The Labute approximate surface area is 91.3 Å². The van der Waals surface area contributed by atoms with Crippen LogP contribution < -0.4 is 0 Å². The molecule has 0 aliphatic heterocycles. The molecule has 0 N–H and O–H groups in total. The Morgan fingerprint density at radius 1 is 1.53 bits per heavy atom. The lowest BCUT2D eigenvalue weighted by Gasteiger charge is -2.15. The van der Waals surface area contributed by atoms with Crippen molar-refractivity contribution in [2.45, 2.75) is 32.4 Å². The number of ether oxygens (including phenoxy) is 1. The van der Waals surface area contributed by atoms with Crippen molar-refractivity contribution < 1.29 is 9.53 Å². The fourth-order valence-corrected chi connectivity index (χ4v) is 1.83. The van der Waals surface area contributed by atoms with E-state index in [2.05, 4.69) is 24.6 Å². The highest BCUT2D eigenvalue weighted by atomic mass is 28.3. The minimum atomic E-state index is -1.02. The van der Waals surface area contributed by atoms with Crippen LogP contribution in [0.25, 0.3) is 0 Å². The van der Waals surface area contributed by atoms with E-state index in [4.69, 9.17) is 4.74 Å². The summed E-state index contributed by atoms with van der Waals surface area (Å²) in [4.78, 5) is 14.5. The summed E-state index contributed by atoms with van der Waals surface area (Å²) in [6, 6.07) is 1.14. The van der Waals surface area contributed by atoms with Gasteiger partial charge in [-0.25, -0.2) is 4.98 Å². The molecule has 0 aliphatic rings. The first-order valence-electron chi connectivity index (χ1n) is 5.06. The van der Waals surface area contributed by atoms with Gasteiger partial charge >= 0.3 is 0 Å². The van der Waals surface area contributed by atoms with Gasteiger partial charge in [0.15, 0.2) is 6.29 Å². The molecule has 4 nitrogen and oxygen atoms in total. The first kappa shape index (κ1) is 12.1. The van der Waals surface area contributed by atoms with Gasteiger partial charge in [0.05, 0.1) is 12.5 Å². The molecule has 0 fully saturated rings. The predicted octanol–water partition coefficient (Wildman–Crippen LogP) is 2.01. The Hall–Kier alpha value is -0.943. The second-order valence-electron chi connectivity index (χ2n) is 4.75. The molecule has 1 heterocycles. The molecule has 0 saturated heterocycles. The fourth-order valence-electron chi connectivity index (χ4n) is 1.08. The number of imidazole rings is 1. The Morgan fingerprint density at radius 2 is 2.27 bits per heavy atom. The van der Waals surface area contributed by atoms with Crippen molar-refractivity contribution in [3.63, 3.8) is 0 Å². The van der Waals surface area contributed by atoms with Crippen molar-refractivity contribution in [1.82, 2.24) is 9.55 Å². The lowest BCUT2D eigenvalue weighted by molar-refractivity contribution is 0.0835. The number of hydrogen-bond acceptors (Lipinski definition) is 3. The van der Waals surface area contributed by atoms with Crippen LogP contribution in [0.2, 0.25) is 25.7 Å². The minimum Gasteiger partial charge on any atom is -0.361 e. The lowest BCUT2D eigenvalue weighted by Crippen LogP contribution is -2.22. The zero-order chi connectivity index (χ0) is 11.3. The van der Waals surface area contributed by atoms with Gasteiger partial charge < -0.3 is 9.30 Å². The smallest absolute Gasteiger partial charge is 0.168 e. The molecule has 0 amide bonds. The van der Waals surface area contributed by atoms with Crippen LogP contribution in [0.3, 0.4) is 0 Å². The van der Waals surface area contributed by atoms with Gasteiger partial charge in [0.25, 0.3) is 0 Å². The maximum absolute atomic E-state index is 10.6. The van der Waals surface area contributed by atoms with Crippen LogP contribution in [0.1, 0.15) is 10.5 Å². The van der Waals surface area contributed by atoms with E-state index in [1.54, 1.807) is 10.9 Å². The summed E-state index contributed by atoms with van der Waals surface area (Å²) in [6.45, 7) is 8.10. The van der Waals surface area contributed by atoms with Crippen LogP contribution in [0.4, 0.5) is 0 Å². The standard InChI is InChI=1S/C10H18N2O2Si/c1-15(2,3)5-4-14-9-12-8-11-6-10(12)7-13/h6-8H,4-5,9H2,1-3H3. The van der Waals surface area contributed by atoms with Crippen molar-refractivity contribution >= 4 is 14.4 Å². The van der Waals surface area contributed by atoms with Crippen molar-refractivity contribution in [2.24, 2.45) is 0 Å². The summed E-state index contributed by atoms with van der Waals surface area (Å²) in [5, 5.41) is 0. The summed E-state index contributed by atoms with van der Waals surface area (Å²) in [6.07, 6.45) is 3.93. The molecule has 1 aromatic heterocycles. The van der Waals surface area contributed by atoms with E-state index >= 15 is 0 Å². The molecule has 0 atom stereocenters. The minimum absolute atomic E-state index is 0.415. The average Bonchev–Trinajstić information content (AvgIpc) is 2.58. The third kappa shape index (κ3) is 4.40. The van der Waals surface area contributed by atoms with Gasteiger partial charge in [0, 0.05) is 14.7 Å². The monoisotopic (exact) mass is 226 g/mol. The van der Waals surface area contributed by atoms with E-state index in [9.17, 15) is 4.79 Å². The van der Waals surface area contributed by atoms with E-state index < -0.39 is 8.07 Å². The molecule has 1 aromatic rings. The van der Waals surface area contributed by atoms with Crippen molar-refractivity contribution in [3.8, 4) is 0 Å². The third-order valence-corrected chi connectivity index (χ3v) is 3.80. The molecule has 0 spiro atoms. The number of aromatic nitrogens is 2. The van der Waals surface area contributed by atoms with Gasteiger partial charge in [0.1, 0.15) is 12.4 Å². The molecule has 1 rings (SSSR count). The first-order valence-corrected chi connectivity index (χ1v) is 8.77. The molecule has 0 radical (unpaired) electrons. The van der Waals surface area contributed by atoms with E-state index in [-0.39, 0.29) is 0 Å². The van der Waals surface area contributed by atoms with Gasteiger partial charge in [-0.2, -0.15) is 0 Å². The zero-order valence-corrected chi connectivity index (χ0v) is 10.6. The van der Waals surface area contributed by atoms with E-state index in [1.807, 2.05) is 0 Å². The zero-order valence-electron chi connectivity index (χ0n) is 9.56. The molecular weight excluding hydrogens is 208 g/mol. The molecule has 0 aliphatic carbocycles. The topological polar surface area (TPSA) is 44.1 Å². The molecule has 0 saturated carbocycles. The molecule has 0 bridgehead atoms. The van der Waals surface area contributed by atoms with Gasteiger partial charge in [0.2, 0.25) is 0 Å². The maximum Gasteiger partial charge on any atom is 0.168 e. The summed E-state index contributed by atoms with van der Waals surface area (Å²) in [7, 11) is -1.02. The summed E-state index contributed by atoms with van der Waals surface area (Å²) < 4.78 is 7.20. The Kier molecular flexibility index (Phi) is 4.23. The summed E-state index contributed by atoms with van der Waals surface area (Å²) >= 11 is 0. The number of carbonyl (C=O) groups excluding carboxylic acids is 1. The van der Waals surface area contributed by atoms with E-state index in [0.717, 1.165) is 18.9 Å². The van der Waals surface area contributed by atoms with Crippen LogP contribution >= 0.6 is 0 Å². The second kappa shape index (κ2) is 5.23. The molecular formula is C10H18N2O2Si. The normalized spacial score (nSPS) is 11.7. The van der Waals surface area contributed by atoms with Crippen LogP contribution in [-0.4, -0.2) is 30.5 Å². The summed E-state index contributed by atoms with van der Waals surface area (Å²) in [5.74, 6) is 0.